The van der Waals surface area contributed by atoms with Crippen LogP contribution in [0.2, 0.25) is 0 Å². The molecule has 20 heavy (non-hydrogen) atoms. The number of ether oxygens (including phenoxy) is 1. The number of hydrogen-bond acceptors (Lipinski definition) is 3. The first-order valence-electron chi connectivity index (χ1n) is 6.75. The minimum absolute atomic E-state index is 0.491. The molecule has 0 aromatic heterocycles. The van der Waals surface area contributed by atoms with E-state index in [1.54, 1.807) is 12.1 Å². The fourth-order valence-electron chi connectivity index (χ4n) is 1.85. The summed E-state index contributed by atoms with van der Waals surface area (Å²) in [5.41, 5.74) is 2.59. The van der Waals surface area contributed by atoms with Gasteiger partial charge in [0.1, 0.15) is 5.75 Å². The molecular weight excluding hydrogens is 251 g/mol. The van der Waals surface area contributed by atoms with Crippen molar-refractivity contribution in [2.24, 2.45) is 5.92 Å². The molecule has 0 saturated heterocycles. The molecule has 2 rings (SSSR count). The molecule has 0 unspecified atom stereocenters. The van der Waals surface area contributed by atoms with E-state index in [9.17, 15) is 0 Å². The second-order valence-electron chi connectivity index (χ2n) is 5.22. The van der Waals surface area contributed by atoms with Crippen LogP contribution in [-0.4, -0.2) is 23.8 Å². The Kier molecular flexibility index (Phi) is 4.82. The zero-order chi connectivity index (χ0) is 14.5. The molecule has 0 aliphatic heterocycles. The Bertz CT molecular complexity index is 533. The minimum atomic E-state index is -1.42. The SMILES string of the molecule is CC(C)COc1ccc(-c2ccc(B(O)O)cc2)cc1. The lowest BCUT2D eigenvalue weighted by atomic mass is 9.80. The van der Waals surface area contributed by atoms with E-state index in [2.05, 4.69) is 13.8 Å². The third-order valence-corrected chi connectivity index (χ3v) is 2.98. The fraction of sp³-hybridized carbons (Fsp3) is 0.250. The van der Waals surface area contributed by atoms with Gasteiger partial charge < -0.3 is 14.8 Å². The van der Waals surface area contributed by atoms with Crippen molar-refractivity contribution in [1.82, 2.24) is 0 Å². The lowest BCUT2D eigenvalue weighted by Crippen LogP contribution is -2.29. The highest BCUT2D eigenvalue weighted by atomic mass is 16.5. The van der Waals surface area contributed by atoms with Gasteiger partial charge in [-0.1, -0.05) is 50.2 Å². The normalized spacial score (nSPS) is 10.7. The summed E-state index contributed by atoms with van der Waals surface area (Å²) in [6.45, 7) is 4.94. The molecule has 0 saturated carbocycles. The average Bonchev–Trinajstić information content (AvgIpc) is 2.46. The molecule has 0 fully saturated rings. The van der Waals surface area contributed by atoms with Gasteiger partial charge in [-0.3, -0.25) is 0 Å². The largest absolute Gasteiger partial charge is 0.493 e. The highest BCUT2D eigenvalue weighted by molar-refractivity contribution is 6.58. The van der Waals surface area contributed by atoms with Crippen molar-refractivity contribution < 1.29 is 14.8 Å². The quantitative estimate of drug-likeness (QED) is 0.818. The van der Waals surface area contributed by atoms with Gasteiger partial charge in [-0.25, -0.2) is 0 Å². The zero-order valence-electron chi connectivity index (χ0n) is 11.8. The molecule has 4 heteroatoms. The molecule has 0 bridgehead atoms. The Morgan fingerprint density at radius 2 is 1.40 bits per heavy atom. The highest BCUT2D eigenvalue weighted by Crippen LogP contribution is 2.22. The van der Waals surface area contributed by atoms with Gasteiger partial charge >= 0.3 is 7.12 Å². The van der Waals surface area contributed by atoms with Crippen LogP contribution in [0.5, 0.6) is 5.75 Å². The minimum Gasteiger partial charge on any atom is -0.493 e. The van der Waals surface area contributed by atoms with E-state index in [1.165, 1.54) is 0 Å². The molecule has 2 N–H and O–H groups in total. The lowest BCUT2D eigenvalue weighted by molar-refractivity contribution is 0.271. The van der Waals surface area contributed by atoms with Crippen LogP contribution >= 0.6 is 0 Å². The third-order valence-electron chi connectivity index (χ3n) is 2.98. The maximum Gasteiger partial charge on any atom is 0.488 e. The summed E-state index contributed by atoms with van der Waals surface area (Å²) < 4.78 is 5.64. The van der Waals surface area contributed by atoms with Crippen LogP contribution in [0.25, 0.3) is 11.1 Å². The second-order valence-corrected chi connectivity index (χ2v) is 5.22. The number of benzene rings is 2. The van der Waals surface area contributed by atoms with E-state index in [0.29, 0.717) is 18.0 Å². The molecule has 0 aliphatic rings. The van der Waals surface area contributed by atoms with Crippen LogP contribution in [-0.2, 0) is 0 Å². The monoisotopic (exact) mass is 270 g/mol. The smallest absolute Gasteiger partial charge is 0.488 e. The summed E-state index contributed by atoms with van der Waals surface area (Å²) in [5, 5.41) is 18.1. The van der Waals surface area contributed by atoms with Crippen molar-refractivity contribution in [3.8, 4) is 16.9 Å². The molecule has 0 spiro atoms. The topological polar surface area (TPSA) is 49.7 Å². The average molecular weight is 270 g/mol. The zero-order valence-corrected chi connectivity index (χ0v) is 11.8. The first kappa shape index (κ1) is 14.6. The van der Waals surface area contributed by atoms with Gasteiger partial charge in [-0.05, 0) is 34.6 Å². The van der Waals surface area contributed by atoms with Crippen LogP contribution in [0, 0.1) is 5.92 Å². The van der Waals surface area contributed by atoms with Crippen molar-refractivity contribution in [3.05, 3.63) is 48.5 Å². The van der Waals surface area contributed by atoms with Crippen molar-refractivity contribution >= 4 is 12.6 Å². The van der Waals surface area contributed by atoms with Gasteiger partial charge in [0, 0.05) is 0 Å². The van der Waals surface area contributed by atoms with Gasteiger partial charge in [0.2, 0.25) is 0 Å². The molecule has 104 valence electrons. The predicted molar refractivity (Wildman–Crippen MR) is 82.0 cm³/mol. The highest BCUT2D eigenvalue weighted by Gasteiger charge is 2.10. The fourth-order valence-corrected chi connectivity index (χ4v) is 1.85. The van der Waals surface area contributed by atoms with E-state index >= 15 is 0 Å². The number of hydrogen-bond donors (Lipinski definition) is 2. The molecule has 0 aliphatic carbocycles. The Labute approximate surface area is 120 Å². The summed E-state index contributed by atoms with van der Waals surface area (Å²) in [7, 11) is -1.42. The summed E-state index contributed by atoms with van der Waals surface area (Å²) in [4.78, 5) is 0. The lowest BCUT2D eigenvalue weighted by Gasteiger charge is -2.09. The van der Waals surface area contributed by atoms with Crippen LogP contribution in [0.3, 0.4) is 0 Å². The van der Waals surface area contributed by atoms with Crippen molar-refractivity contribution in [3.63, 3.8) is 0 Å². The Hall–Kier alpha value is -1.78. The Balaban J connectivity index is 2.09. The van der Waals surface area contributed by atoms with Gasteiger partial charge in [0.25, 0.3) is 0 Å². The van der Waals surface area contributed by atoms with E-state index in [0.717, 1.165) is 16.9 Å². The second kappa shape index (κ2) is 6.59. The van der Waals surface area contributed by atoms with Crippen molar-refractivity contribution in [1.29, 1.82) is 0 Å². The Morgan fingerprint density at radius 1 is 0.900 bits per heavy atom. The van der Waals surface area contributed by atoms with E-state index in [-0.39, 0.29) is 0 Å². The molecule has 2 aromatic carbocycles. The molecule has 0 radical (unpaired) electrons. The van der Waals surface area contributed by atoms with Crippen LogP contribution < -0.4 is 10.2 Å². The first-order valence-corrected chi connectivity index (χ1v) is 6.75. The molecular formula is C16H19BO3. The van der Waals surface area contributed by atoms with Crippen LogP contribution in [0.1, 0.15) is 13.8 Å². The molecule has 0 heterocycles. The van der Waals surface area contributed by atoms with E-state index in [1.807, 2.05) is 36.4 Å². The summed E-state index contributed by atoms with van der Waals surface area (Å²) in [5.74, 6) is 1.37. The van der Waals surface area contributed by atoms with Crippen LogP contribution in [0.15, 0.2) is 48.5 Å². The van der Waals surface area contributed by atoms with Crippen molar-refractivity contribution in [2.45, 2.75) is 13.8 Å². The van der Waals surface area contributed by atoms with Gasteiger partial charge in [-0.15, -0.1) is 0 Å². The first-order chi connectivity index (χ1) is 9.56. The van der Waals surface area contributed by atoms with E-state index in [4.69, 9.17) is 14.8 Å². The van der Waals surface area contributed by atoms with Crippen molar-refractivity contribution in [2.75, 3.05) is 6.61 Å². The third kappa shape index (κ3) is 3.86. The molecule has 3 nitrogen and oxygen atoms in total. The maximum absolute atomic E-state index is 9.06. The Morgan fingerprint density at radius 3 is 1.85 bits per heavy atom. The van der Waals surface area contributed by atoms with Gasteiger partial charge in [0.05, 0.1) is 6.61 Å². The maximum atomic E-state index is 9.06. The summed E-state index contributed by atoms with van der Waals surface area (Å²) in [6, 6.07) is 15.1. The van der Waals surface area contributed by atoms with Crippen LogP contribution in [0.4, 0.5) is 0 Å². The summed E-state index contributed by atoms with van der Waals surface area (Å²) >= 11 is 0. The van der Waals surface area contributed by atoms with Gasteiger partial charge in [-0.2, -0.15) is 0 Å². The number of rotatable bonds is 5. The standard InChI is InChI=1S/C16H19BO3/c1-12(2)11-20-16-9-5-14(6-10-16)13-3-7-15(8-4-13)17(18)19/h3-10,12,18-19H,11H2,1-2H3. The predicted octanol–water partition coefficient (Wildman–Crippen LogP) is 2.07. The molecule has 0 amide bonds. The summed E-state index contributed by atoms with van der Waals surface area (Å²) in [6.07, 6.45) is 0. The van der Waals surface area contributed by atoms with Gasteiger partial charge in [0.15, 0.2) is 0 Å². The molecule has 2 aromatic rings. The molecule has 0 atom stereocenters. The van der Waals surface area contributed by atoms with E-state index < -0.39 is 7.12 Å².